The molecule has 10 heavy (non-hydrogen) atoms. The van der Waals surface area contributed by atoms with Crippen LogP contribution in [0, 0.1) is 0 Å². The van der Waals surface area contributed by atoms with E-state index < -0.39 is 24.9 Å². The van der Waals surface area contributed by atoms with E-state index in [1.165, 1.54) is 0 Å². The summed E-state index contributed by atoms with van der Waals surface area (Å²) >= 11 is 0. The van der Waals surface area contributed by atoms with Gasteiger partial charge in [-0.3, -0.25) is 0 Å². The van der Waals surface area contributed by atoms with Crippen LogP contribution in [-0.4, -0.2) is 51.6 Å². The Hall–Kier alpha value is -0.490. The number of rotatable bonds is 4. The lowest BCUT2D eigenvalue weighted by molar-refractivity contribution is -0.127. The maximum Gasteiger partial charge on any atom is 0.151 e. The Labute approximate surface area is 60.3 Å². The van der Waals surface area contributed by atoms with Gasteiger partial charge in [0.25, 0.3) is 0 Å². The van der Waals surface area contributed by atoms with Crippen molar-refractivity contribution in [1.29, 1.82) is 0 Å². The molecule has 0 heterocycles. The van der Waals surface area contributed by atoms with Crippen molar-refractivity contribution in [2.24, 2.45) is 0 Å². The van der Waals surface area contributed by atoms with E-state index in [1.54, 1.807) is 0 Å². The lowest BCUT2D eigenvalue weighted by atomic mass is 10.1. The number of carbonyl (C=O) groups excluding carboxylic acids is 1. The lowest BCUT2D eigenvalue weighted by Crippen LogP contribution is -2.40. The molecule has 0 radical (unpaired) electrons. The number of aliphatic hydroxyl groups excluding tert-OH is 3. The average Bonchev–Trinajstić information content (AvgIpc) is 1.98. The molecular weight excluding hydrogens is 140 g/mol. The zero-order chi connectivity index (χ0) is 9.94. The Balaban J connectivity index is 4.28. The molecule has 3 atom stereocenters. The van der Waals surface area contributed by atoms with Crippen molar-refractivity contribution in [3.63, 3.8) is 0 Å². The SMILES string of the molecule is [2H]C([2H])(O)[C@@H](O)[C@H](O)[C@@H](O)C=O. The number of carbonyl (C=O) groups is 1. The molecular formula is C5H10O5. The second-order valence-electron chi connectivity index (χ2n) is 1.69. The summed E-state index contributed by atoms with van der Waals surface area (Å²) in [5, 5.41) is 34.7. The van der Waals surface area contributed by atoms with Crippen molar-refractivity contribution in [3.8, 4) is 0 Å². The molecule has 0 fully saturated rings. The van der Waals surface area contributed by atoms with Crippen LogP contribution in [0.4, 0.5) is 0 Å². The molecule has 0 aromatic carbocycles. The van der Waals surface area contributed by atoms with Crippen LogP contribution < -0.4 is 0 Å². The van der Waals surface area contributed by atoms with Crippen LogP contribution in [0.5, 0.6) is 0 Å². The lowest BCUT2D eigenvalue weighted by Gasteiger charge is -2.16. The summed E-state index contributed by atoms with van der Waals surface area (Å²) in [5.41, 5.74) is 0. The molecule has 4 N–H and O–H groups in total. The van der Waals surface area contributed by atoms with Crippen LogP contribution in [-0.2, 0) is 4.79 Å². The van der Waals surface area contributed by atoms with Gasteiger partial charge in [0.2, 0.25) is 0 Å². The van der Waals surface area contributed by atoms with E-state index in [-0.39, 0.29) is 6.29 Å². The first-order valence-electron chi connectivity index (χ1n) is 3.52. The van der Waals surface area contributed by atoms with Gasteiger partial charge in [0.15, 0.2) is 6.29 Å². The molecule has 0 aliphatic heterocycles. The topological polar surface area (TPSA) is 98.0 Å². The van der Waals surface area contributed by atoms with Gasteiger partial charge in [0.1, 0.15) is 18.3 Å². The maximum absolute atomic E-state index is 9.85. The second-order valence-corrected chi connectivity index (χ2v) is 1.69. The number of hydrogen-bond donors (Lipinski definition) is 4. The number of aldehydes is 1. The first kappa shape index (κ1) is 6.23. The van der Waals surface area contributed by atoms with Gasteiger partial charge in [-0.05, 0) is 0 Å². The third-order valence-corrected chi connectivity index (χ3v) is 0.945. The Kier molecular flexibility index (Phi) is 2.71. The van der Waals surface area contributed by atoms with E-state index in [0.29, 0.717) is 0 Å². The zero-order valence-corrected chi connectivity index (χ0v) is 5.01. The van der Waals surface area contributed by atoms with Crippen molar-refractivity contribution in [2.75, 3.05) is 6.56 Å². The normalized spacial score (nSPS) is 24.0. The molecule has 5 heteroatoms. The summed E-state index contributed by atoms with van der Waals surface area (Å²) < 4.78 is 13.0. The van der Waals surface area contributed by atoms with Crippen LogP contribution in [0.15, 0.2) is 0 Å². The molecule has 60 valence electrons. The first-order chi connectivity index (χ1) is 5.30. The maximum atomic E-state index is 9.85. The molecule has 0 aliphatic rings. The van der Waals surface area contributed by atoms with Crippen molar-refractivity contribution < 1.29 is 28.0 Å². The molecule has 0 aromatic heterocycles. The van der Waals surface area contributed by atoms with E-state index in [1.807, 2.05) is 0 Å². The van der Waals surface area contributed by atoms with Crippen molar-refractivity contribution in [3.05, 3.63) is 0 Å². The smallest absolute Gasteiger partial charge is 0.151 e. The highest BCUT2D eigenvalue weighted by molar-refractivity contribution is 5.56. The van der Waals surface area contributed by atoms with Gasteiger partial charge in [0.05, 0.1) is 9.30 Å². The van der Waals surface area contributed by atoms with Crippen LogP contribution in [0.3, 0.4) is 0 Å². The summed E-state index contributed by atoms with van der Waals surface area (Å²) in [4.78, 5) is 9.85. The summed E-state index contributed by atoms with van der Waals surface area (Å²) in [7, 11) is 0. The molecule has 0 aromatic rings. The number of hydrogen-bond acceptors (Lipinski definition) is 5. The molecule has 0 saturated heterocycles. The average molecular weight is 152 g/mol. The minimum atomic E-state index is -3.05. The molecule has 0 amide bonds. The van der Waals surface area contributed by atoms with Crippen LogP contribution in [0.25, 0.3) is 0 Å². The van der Waals surface area contributed by atoms with Gasteiger partial charge >= 0.3 is 0 Å². The van der Waals surface area contributed by atoms with E-state index in [9.17, 15) is 4.79 Å². The Bertz CT molecular complexity index is 156. The fraction of sp³-hybridized carbons (Fsp3) is 0.800. The molecule has 0 saturated carbocycles. The van der Waals surface area contributed by atoms with Gasteiger partial charge in [-0.15, -0.1) is 0 Å². The Morgan fingerprint density at radius 1 is 1.50 bits per heavy atom. The summed E-state index contributed by atoms with van der Waals surface area (Å²) in [6.45, 7) is -3.05. The summed E-state index contributed by atoms with van der Waals surface area (Å²) in [6.07, 6.45) is -6.25. The fourth-order valence-corrected chi connectivity index (χ4v) is 0.344. The highest BCUT2D eigenvalue weighted by atomic mass is 16.4. The molecule has 0 aliphatic carbocycles. The largest absolute Gasteiger partial charge is 0.394 e. The van der Waals surface area contributed by atoms with Crippen LogP contribution in [0.1, 0.15) is 2.74 Å². The van der Waals surface area contributed by atoms with Crippen molar-refractivity contribution >= 4 is 6.29 Å². The van der Waals surface area contributed by atoms with Crippen molar-refractivity contribution in [1.82, 2.24) is 0 Å². The van der Waals surface area contributed by atoms with Gasteiger partial charge in [-0.2, -0.15) is 0 Å². The highest BCUT2D eigenvalue weighted by Crippen LogP contribution is 1.96. The molecule has 0 bridgehead atoms. The fourth-order valence-electron chi connectivity index (χ4n) is 0.344. The van der Waals surface area contributed by atoms with Crippen LogP contribution >= 0.6 is 0 Å². The van der Waals surface area contributed by atoms with Gasteiger partial charge in [0, 0.05) is 0 Å². The zero-order valence-electron chi connectivity index (χ0n) is 7.01. The Morgan fingerprint density at radius 2 is 2.00 bits per heavy atom. The van der Waals surface area contributed by atoms with E-state index in [4.69, 9.17) is 23.2 Å². The highest BCUT2D eigenvalue weighted by Gasteiger charge is 2.22. The standard InChI is InChI=1S/C5H10O5/c6-1-3(8)5(10)4(9)2-7/h1,3-5,7-10H,2H2/t3-,4+,5+/m0/s1/i2D2. The van der Waals surface area contributed by atoms with Crippen LogP contribution in [0.2, 0.25) is 0 Å². The minimum Gasteiger partial charge on any atom is -0.394 e. The van der Waals surface area contributed by atoms with E-state index >= 15 is 0 Å². The minimum absolute atomic E-state index is 0.0698. The third-order valence-electron chi connectivity index (χ3n) is 0.945. The van der Waals surface area contributed by atoms with Gasteiger partial charge in [-0.1, -0.05) is 0 Å². The Morgan fingerprint density at radius 3 is 2.30 bits per heavy atom. The van der Waals surface area contributed by atoms with E-state index in [2.05, 4.69) is 0 Å². The van der Waals surface area contributed by atoms with E-state index in [0.717, 1.165) is 0 Å². The first-order valence-corrected chi connectivity index (χ1v) is 2.52. The third kappa shape index (κ3) is 2.40. The summed E-state index contributed by atoms with van der Waals surface area (Å²) in [5.74, 6) is 0. The molecule has 5 nitrogen and oxygen atoms in total. The monoisotopic (exact) mass is 152 g/mol. The summed E-state index contributed by atoms with van der Waals surface area (Å²) in [6, 6.07) is 0. The quantitative estimate of drug-likeness (QED) is 0.328. The molecule has 0 spiro atoms. The second kappa shape index (κ2) is 4.35. The van der Waals surface area contributed by atoms with Crippen molar-refractivity contribution in [2.45, 2.75) is 18.3 Å². The predicted molar refractivity (Wildman–Crippen MR) is 31.2 cm³/mol. The predicted octanol–water partition coefficient (Wildman–Crippen LogP) is -2.74. The van der Waals surface area contributed by atoms with Gasteiger partial charge in [-0.25, -0.2) is 0 Å². The molecule has 0 rings (SSSR count). The molecule has 0 unspecified atom stereocenters. The number of aliphatic hydroxyl groups is 4. The van der Waals surface area contributed by atoms with Gasteiger partial charge < -0.3 is 25.2 Å².